The van der Waals surface area contributed by atoms with Crippen molar-refractivity contribution in [2.45, 2.75) is 19.1 Å². The van der Waals surface area contributed by atoms with Crippen molar-refractivity contribution in [1.82, 2.24) is 0 Å². The summed E-state index contributed by atoms with van der Waals surface area (Å²) in [7, 11) is -1.38. The van der Waals surface area contributed by atoms with E-state index in [2.05, 4.69) is 0 Å². The molecule has 0 fully saturated rings. The van der Waals surface area contributed by atoms with Gasteiger partial charge in [0.2, 0.25) is 0 Å². The molecule has 0 saturated carbocycles. The maximum Gasteiger partial charge on any atom is 0.154 e. The molecule has 0 aromatic heterocycles. The van der Waals surface area contributed by atoms with Crippen molar-refractivity contribution in [3.63, 3.8) is 0 Å². The topological polar surface area (TPSA) is 61.8 Å². The van der Waals surface area contributed by atoms with Gasteiger partial charge in [-0.2, -0.15) is 0 Å². The molecule has 5 nitrogen and oxygen atoms in total. The van der Waals surface area contributed by atoms with E-state index < -0.39 is 9.84 Å². The van der Waals surface area contributed by atoms with E-state index >= 15 is 0 Å². The van der Waals surface area contributed by atoms with Crippen molar-refractivity contribution in [2.24, 2.45) is 0 Å². The van der Waals surface area contributed by atoms with Gasteiger partial charge in [0.15, 0.2) is 9.84 Å². The summed E-state index contributed by atoms with van der Waals surface area (Å²) in [5, 5.41) is -0.339. The number of ether oxygens (including phenoxy) is 3. The minimum Gasteiger partial charge on any atom is -0.382 e. The van der Waals surface area contributed by atoms with E-state index in [1.165, 1.54) is 0 Å². The van der Waals surface area contributed by atoms with Crippen LogP contribution in [0.25, 0.3) is 0 Å². The van der Waals surface area contributed by atoms with Gasteiger partial charge in [-0.3, -0.25) is 0 Å². The first-order valence-corrected chi connectivity index (χ1v) is 7.08. The van der Waals surface area contributed by atoms with Crippen LogP contribution >= 0.6 is 0 Å². The molecule has 0 unspecified atom stereocenters. The number of sulfone groups is 1. The average molecular weight is 254 g/mol. The van der Waals surface area contributed by atoms with Crippen LogP contribution < -0.4 is 0 Å². The minimum absolute atomic E-state index is 0.0722. The smallest absolute Gasteiger partial charge is 0.154 e. The molecule has 0 rings (SSSR count). The Bertz CT molecular complexity index is 248. The molecule has 6 heteroatoms. The minimum atomic E-state index is -2.99. The molecule has 0 aromatic carbocycles. The van der Waals surface area contributed by atoms with Crippen molar-refractivity contribution >= 4 is 9.84 Å². The van der Waals surface area contributed by atoms with Crippen LogP contribution in [0.3, 0.4) is 0 Å². The molecule has 0 saturated heterocycles. The molecular weight excluding hydrogens is 232 g/mol. The predicted molar refractivity (Wildman–Crippen MR) is 62.4 cm³/mol. The van der Waals surface area contributed by atoms with Crippen LogP contribution in [-0.2, 0) is 24.0 Å². The first-order chi connectivity index (χ1) is 7.50. The fraction of sp³-hybridized carbons (Fsp3) is 1.00. The van der Waals surface area contributed by atoms with Gasteiger partial charge in [0.25, 0.3) is 0 Å². The van der Waals surface area contributed by atoms with E-state index in [0.717, 1.165) is 0 Å². The average Bonchev–Trinajstić information content (AvgIpc) is 2.21. The van der Waals surface area contributed by atoms with Crippen molar-refractivity contribution in [3.8, 4) is 0 Å². The highest BCUT2D eigenvalue weighted by atomic mass is 32.2. The maximum absolute atomic E-state index is 11.4. The van der Waals surface area contributed by atoms with Crippen LogP contribution in [0, 0.1) is 0 Å². The first-order valence-electron chi connectivity index (χ1n) is 5.36. The summed E-state index contributed by atoms with van der Waals surface area (Å²) < 4.78 is 37.9. The van der Waals surface area contributed by atoms with E-state index in [4.69, 9.17) is 14.2 Å². The van der Waals surface area contributed by atoms with Crippen LogP contribution in [0.5, 0.6) is 0 Å². The molecule has 0 N–H and O–H groups in total. The van der Waals surface area contributed by atoms with Gasteiger partial charge in [-0.25, -0.2) is 8.42 Å². The van der Waals surface area contributed by atoms with Crippen molar-refractivity contribution < 1.29 is 22.6 Å². The van der Waals surface area contributed by atoms with Crippen LogP contribution in [0.2, 0.25) is 0 Å². The van der Waals surface area contributed by atoms with E-state index in [1.54, 1.807) is 21.0 Å². The molecule has 0 aliphatic carbocycles. The molecule has 98 valence electrons. The zero-order chi connectivity index (χ0) is 12.4. The molecular formula is C10H22O5S. The summed E-state index contributed by atoms with van der Waals surface area (Å²) >= 11 is 0. The van der Waals surface area contributed by atoms with Gasteiger partial charge in [-0.15, -0.1) is 0 Å². The molecule has 0 aromatic rings. The van der Waals surface area contributed by atoms with E-state index in [9.17, 15) is 8.42 Å². The quantitative estimate of drug-likeness (QED) is 0.531. The lowest BCUT2D eigenvalue weighted by Crippen LogP contribution is -2.21. The Morgan fingerprint density at radius 3 is 1.94 bits per heavy atom. The molecule has 0 spiro atoms. The summed E-state index contributed by atoms with van der Waals surface area (Å²) in [4.78, 5) is 0. The molecule has 0 aliphatic rings. The van der Waals surface area contributed by atoms with E-state index in [1.807, 2.05) is 0 Å². The van der Waals surface area contributed by atoms with Gasteiger partial charge >= 0.3 is 0 Å². The van der Waals surface area contributed by atoms with Crippen LogP contribution in [-0.4, -0.2) is 59.6 Å². The number of hydrogen-bond acceptors (Lipinski definition) is 5. The molecule has 0 amide bonds. The number of methoxy groups -OCH3 is 1. The highest BCUT2D eigenvalue weighted by molar-refractivity contribution is 7.91. The number of hydrogen-bond donors (Lipinski definition) is 0. The van der Waals surface area contributed by atoms with Gasteiger partial charge in [0.05, 0.1) is 44.0 Å². The summed E-state index contributed by atoms with van der Waals surface area (Å²) in [6.45, 7) is 5.54. The van der Waals surface area contributed by atoms with Crippen LogP contribution in [0.4, 0.5) is 0 Å². The van der Waals surface area contributed by atoms with Crippen LogP contribution in [0.15, 0.2) is 0 Å². The molecule has 0 radical (unpaired) electrons. The molecule has 0 atom stereocenters. The van der Waals surface area contributed by atoms with Gasteiger partial charge in [0, 0.05) is 7.11 Å². The summed E-state index contributed by atoms with van der Waals surface area (Å²) in [6.07, 6.45) is 0. The van der Waals surface area contributed by atoms with Gasteiger partial charge in [0.1, 0.15) is 0 Å². The highest BCUT2D eigenvalue weighted by Crippen LogP contribution is 2.00. The molecule has 0 heterocycles. The Balaban J connectivity index is 3.34. The Morgan fingerprint density at radius 1 is 0.938 bits per heavy atom. The normalized spacial score (nSPS) is 12.2. The Hall–Kier alpha value is -0.170. The standard InChI is InChI=1S/C10H22O5S/c1-10(2)16(11,12)9-8-15-7-6-14-5-4-13-3/h10H,4-9H2,1-3H3. The van der Waals surface area contributed by atoms with E-state index in [-0.39, 0.29) is 17.6 Å². The third-order valence-electron chi connectivity index (χ3n) is 2.03. The zero-order valence-corrected chi connectivity index (χ0v) is 11.1. The Labute approximate surface area is 98.0 Å². The van der Waals surface area contributed by atoms with Gasteiger partial charge in [-0.05, 0) is 13.8 Å². The van der Waals surface area contributed by atoms with E-state index in [0.29, 0.717) is 26.4 Å². The first kappa shape index (κ1) is 15.8. The third kappa shape index (κ3) is 8.04. The largest absolute Gasteiger partial charge is 0.382 e. The fourth-order valence-corrected chi connectivity index (χ4v) is 1.70. The van der Waals surface area contributed by atoms with Crippen molar-refractivity contribution in [2.75, 3.05) is 45.9 Å². The molecule has 16 heavy (non-hydrogen) atoms. The summed E-state index contributed by atoms with van der Waals surface area (Å²) in [5.74, 6) is 0.0722. The highest BCUT2D eigenvalue weighted by Gasteiger charge is 2.15. The summed E-state index contributed by atoms with van der Waals surface area (Å²) in [5.41, 5.74) is 0. The Morgan fingerprint density at radius 2 is 1.44 bits per heavy atom. The second-order valence-corrected chi connectivity index (χ2v) is 6.31. The monoisotopic (exact) mass is 254 g/mol. The Kier molecular flexibility index (Phi) is 8.83. The summed E-state index contributed by atoms with van der Waals surface area (Å²) in [6, 6.07) is 0. The van der Waals surface area contributed by atoms with Crippen molar-refractivity contribution in [1.29, 1.82) is 0 Å². The second kappa shape index (κ2) is 8.92. The lowest BCUT2D eigenvalue weighted by Gasteiger charge is -2.08. The fourth-order valence-electron chi connectivity index (χ4n) is 0.875. The zero-order valence-electron chi connectivity index (χ0n) is 10.3. The second-order valence-electron chi connectivity index (χ2n) is 3.63. The maximum atomic E-state index is 11.4. The van der Waals surface area contributed by atoms with Crippen molar-refractivity contribution in [3.05, 3.63) is 0 Å². The molecule has 0 bridgehead atoms. The predicted octanol–water partition coefficient (Wildman–Crippen LogP) is 0.489. The van der Waals surface area contributed by atoms with Gasteiger partial charge in [-0.1, -0.05) is 0 Å². The number of rotatable bonds is 10. The lowest BCUT2D eigenvalue weighted by molar-refractivity contribution is 0.0284. The lowest BCUT2D eigenvalue weighted by atomic mass is 10.6. The SMILES string of the molecule is COCCOCCOCCS(=O)(=O)C(C)C. The third-order valence-corrected chi connectivity index (χ3v) is 4.21. The van der Waals surface area contributed by atoms with Crippen LogP contribution in [0.1, 0.15) is 13.8 Å². The molecule has 0 aliphatic heterocycles. The van der Waals surface area contributed by atoms with Gasteiger partial charge < -0.3 is 14.2 Å².